The Morgan fingerprint density at radius 1 is 1.18 bits per heavy atom. The van der Waals surface area contributed by atoms with E-state index >= 15 is 0 Å². The molecule has 0 saturated carbocycles. The van der Waals surface area contributed by atoms with Crippen LogP contribution in [0.5, 0.6) is 5.75 Å². The van der Waals surface area contributed by atoms with Gasteiger partial charge >= 0.3 is 0 Å². The number of pyridine rings is 2. The van der Waals surface area contributed by atoms with Gasteiger partial charge < -0.3 is 24.5 Å². The molecule has 9 nitrogen and oxygen atoms in total. The zero-order valence-electron chi connectivity index (χ0n) is 22.2. The zero-order chi connectivity index (χ0) is 26.8. The van der Waals surface area contributed by atoms with Crippen LogP contribution in [0.4, 0.5) is 5.69 Å². The van der Waals surface area contributed by atoms with Crippen molar-refractivity contribution in [3.8, 4) is 5.75 Å². The van der Waals surface area contributed by atoms with Crippen LogP contribution in [-0.2, 0) is 17.7 Å². The third kappa shape index (κ3) is 5.23. The Kier molecular flexibility index (Phi) is 7.00. The highest BCUT2D eigenvalue weighted by molar-refractivity contribution is 6.09. The summed E-state index contributed by atoms with van der Waals surface area (Å²) in [7, 11) is 0. The molecule has 1 fully saturated rings. The molecule has 0 spiro atoms. The molecule has 4 aromatic heterocycles. The fourth-order valence-electron chi connectivity index (χ4n) is 5.09. The molecule has 1 aromatic carbocycles. The number of hydrogen-bond donors (Lipinski definition) is 2. The van der Waals surface area contributed by atoms with Crippen molar-refractivity contribution in [1.29, 1.82) is 0 Å². The molecule has 5 aromatic rings. The summed E-state index contributed by atoms with van der Waals surface area (Å²) in [6, 6.07) is 19.5. The quantitative estimate of drug-likeness (QED) is 0.316. The van der Waals surface area contributed by atoms with Gasteiger partial charge in [-0.2, -0.15) is 5.10 Å². The maximum atomic E-state index is 13.5. The van der Waals surface area contributed by atoms with E-state index in [1.54, 1.807) is 0 Å². The molecule has 0 aliphatic carbocycles. The molecule has 1 aliphatic rings. The van der Waals surface area contributed by atoms with Gasteiger partial charge in [0.25, 0.3) is 5.91 Å². The number of nitrogens with zero attached hydrogens (tertiary/aromatic N) is 4. The zero-order valence-corrected chi connectivity index (χ0v) is 22.2. The summed E-state index contributed by atoms with van der Waals surface area (Å²) in [5, 5.41) is 12.3. The molecule has 2 N–H and O–H groups in total. The number of carbonyl (C=O) groups excluding carboxylic acids is 1. The smallest absolute Gasteiger partial charge is 0.272 e. The van der Waals surface area contributed by atoms with Gasteiger partial charge in [0.05, 0.1) is 35.7 Å². The lowest BCUT2D eigenvalue weighted by molar-refractivity contribution is 0.000201. The lowest BCUT2D eigenvalue weighted by Gasteiger charge is -2.23. The van der Waals surface area contributed by atoms with E-state index < -0.39 is 0 Å². The van der Waals surface area contributed by atoms with E-state index in [2.05, 4.69) is 22.5 Å². The van der Waals surface area contributed by atoms with Crippen molar-refractivity contribution in [2.75, 3.05) is 31.6 Å². The summed E-state index contributed by atoms with van der Waals surface area (Å²) in [4.78, 5) is 18.1. The van der Waals surface area contributed by atoms with Gasteiger partial charge in [0.2, 0.25) is 0 Å². The Morgan fingerprint density at radius 2 is 2.08 bits per heavy atom. The topological polar surface area (TPSA) is 94.7 Å². The predicted octanol–water partition coefficient (Wildman–Crippen LogP) is 4.22. The predicted molar refractivity (Wildman–Crippen MR) is 151 cm³/mol. The van der Waals surface area contributed by atoms with Crippen molar-refractivity contribution < 1.29 is 14.3 Å². The number of rotatable bonds is 8. The molecule has 9 heteroatoms. The standard InChI is InChI=1S/C30H32N6O3/c1-3-25-29-26(8-5-9-27(29)36(34-25)18-21-7-4-6-20(2)32-21)33-30(37)28-11-10-22-16-23(12-14-35(22)28)39-19-24-17-31-13-15-38-24/h4-12,14,16,24,31H,3,13,15,17-19H2,1-2H3,(H,33,37). The van der Waals surface area contributed by atoms with Gasteiger partial charge in [-0.05, 0) is 55.8 Å². The number of anilines is 1. The van der Waals surface area contributed by atoms with Crippen molar-refractivity contribution in [2.45, 2.75) is 32.9 Å². The van der Waals surface area contributed by atoms with Crippen LogP contribution in [0, 0.1) is 6.92 Å². The minimum atomic E-state index is -0.187. The Labute approximate surface area is 226 Å². The fourth-order valence-corrected chi connectivity index (χ4v) is 5.09. The largest absolute Gasteiger partial charge is 0.491 e. The minimum absolute atomic E-state index is 0.0382. The Bertz CT molecular complexity index is 1630. The third-order valence-electron chi connectivity index (χ3n) is 6.99. The molecular formula is C30H32N6O3. The normalized spacial score (nSPS) is 15.6. The van der Waals surface area contributed by atoms with Gasteiger partial charge in [-0.25, -0.2) is 0 Å². The average molecular weight is 525 g/mol. The van der Waals surface area contributed by atoms with Crippen molar-refractivity contribution >= 4 is 28.0 Å². The first-order valence-electron chi connectivity index (χ1n) is 13.4. The van der Waals surface area contributed by atoms with Crippen LogP contribution in [0.25, 0.3) is 16.4 Å². The number of benzene rings is 1. The summed E-state index contributed by atoms with van der Waals surface area (Å²) in [5.41, 5.74) is 5.99. The summed E-state index contributed by atoms with van der Waals surface area (Å²) in [6.07, 6.45) is 2.65. The molecule has 5 heterocycles. The second-order valence-electron chi connectivity index (χ2n) is 9.77. The number of morpholine rings is 1. The van der Waals surface area contributed by atoms with Crippen LogP contribution in [0.3, 0.4) is 0 Å². The van der Waals surface area contributed by atoms with E-state index in [4.69, 9.17) is 14.6 Å². The SMILES string of the molecule is CCc1nn(Cc2cccc(C)n2)c2cccc(NC(=O)c3ccc4cc(OCC5CNCCO5)ccn34)c12. The molecule has 6 rings (SSSR count). The molecule has 0 bridgehead atoms. The van der Waals surface area contributed by atoms with Crippen LogP contribution in [0.15, 0.2) is 66.9 Å². The summed E-state index contributed by atoms with van der Waals surface area (Å²) in [6.45, 7) is 7.46. The molecule has 1 amide bonds. The number of fused-ring (bicyclic) bond motifs is 2. The lowest BCUT2D eigenvalue weighted by Crippen LogP contribution is -2.41. The van der Waals surface area contributed by atoms with Crippen LogP contribution < -0.4 is 15.4 Å². The van der Waals surface area contributed by atoms with Gasteiger partial charge in [0.1, 0.15) is 24.2 Å². The molecular weight excluding hydrogens is 492 g/mol. The molecule has 1 saturated heterocycles. The minimum Gasteiger partial charge on any atom is -0.491 e. The third-order valence-corrected chi connectivity index (χ3v) is 6.99. The lowest BCUT2D eigenvalue weighted by atomic mass is 10.1. The Balaban J connectivity index is 1.23. The van der Waals surface area contributed by atoms with Gasteiger partial charge in [0, 0.05) is 41.9 Å². The molecule has 1 aliphatic heterocycles. The van der Waals surface area contributed by atoms with Crippen molar-refractivity contribution in [2.24, 2.45) is 0 Å². The maximum absolute atomic E-state index is 13.5. The highest BCUT2D eigenvalue weighted by atomic mass is 16.5. The molecule has 1 unspecified atom stereocenters. The van der Waals surface area contributed by atoms with Crippen LogP contribution in [0.2, 0.25) is 0 Å². The highest BCUT2D eigenvalue weighted by Gasteiger charge is 2.18. The monoisotopic (exact) mass is 524 g/mol. The molecule has 1 atom stereocenters. The number of ether oxygens (including phenoxy) is 2. The van der Waals surface area contributed by atoms with E-state index in [1.165, 1.54) is 0 Å². The average Bonchev–Trinajstić information content (AvgIpc) is 3.54. The molecule has 200 valence electrons. The second-order valence-corrected chi connectivity index (χ2v) is 9.77. The van der Waals surface area contributed by atoms with E-state index in [1.807, 2.05) is 82.9 Å². The first kappa shape index (κ1) is 25.1. The molecule has 39 heavy (non-hydrogen) atoms. The van der Waals surface area contributed by atoms with E-state index in [0.29, 0.717) is 25.5 Å². The Hall–Kier alpha value is -4.21. The highest BCUT2D eigenvalue weighted by Crippen LogP contribution is 2.29. The first-order chi connectivity index (χ1) is 19.1. The number of aromatic nitrogens is 4. The fraction of sp³-hybridized carbons (Fsp3) is 0.300. The summed E-state index contributed by atoms with van der Waals surface area (Å²) < 4.78 is 15.5. The Morgan fingerprint density at radius 3 is 2.90 bits per heavy atom. The van der Waals surface area contributed by atoms with E-state index in [9.17, 15) is 4.79 Å². The van der Waals surface area contributed by atoms with Crippen LogP contribution >= 0.6 is 0 Å². The maximum Gasteiger partial charge on any atom is 0.272 e. The van der Waals surface area contributed by atoms with E-state index in [-0.39, 0.29) is 12.0 Å². The van der Waals surface area contributed by atoms with Gasteiger partial charge in [-0.3, -0.25) is 14.5 Å². The van der Waals surface area contributed by atoms with Crippen LogP contribution in [0.1, 0.15) is 34.5 Å². The van der Waals surface area contributed by atoms with Gasteiger partial charge in [0.15, 0.2) is 0 Å². The van der Waals surface area contributed by atoms with Crippen molar-refractivity contribution in [3.05, 3.63) is 89.6 Å². The van der Waals surface area contributed by atoms with Gasteiger partial charge in [-0.1, -0.05) is 19.1 Å². The summed E-state index contributed by atoms with van der Waals surface area (Å²) in [5.74, 6) is 0.558. The number of carbonyl (C=O) groups is 1. The molecule has 0 radical (unpaired) electrons. The number of amides is 1. The first-order valence-corrected chi connectivity index (χ1v) is 13.4. The van der Waals surface area contributed by atoms with Crippen molar-refractivity contribution in [1.82, 2.24) is 24.5 Å². The second kappa shape index (κ2) is 10.9. The van der Waals surface area contributed by atoms with Crippen LogP contribution in [-0.4, -0.2) is 57.5 Å². The number of nitrogens with one attached hydrogen (secondary N) is 2. The van der Waals surface area contributed by atoms with Crippen molar-refractivity contribution in [3.63, 3.8) is 0 Å². The number of aryl methyl sites for hydroxylation is 2. The van der Waals surface area contributed by atoms with Gasteiger partial charge in [-0.15, -0.1) is 0 Å². The number of hydrogen-bond acceptors (Lipinski definition) is 6. The summed E-state index contributed by atoms with van der Waals surface area (Å²) >= 11 is 0. The van der Waals surface area contributed by atoms with E-state index in [0.717, 1.165) is 64.4 Å².